The Balaban J connectivity index is 1.49. The Morgan fingerprint density at radius 3 is 2.28 bits per heavy atom. The Morgan fingerprint density at radius 1 is 0.938 bits per heavy atom. The number of rotatable bonds is 7. The summed E-state index contributed by atoms with van der Waals surface area (Å²) >= 11 is 11.9. The van der Waals surface area contributed by atoms with E-state index in [-0.39, 0.29) is 23.1 Å². The molecule has 0 radical (unpaired) electrons. The predicted octanol–water partition coefficient (Wildman–Crippen LogP) is 5.36. The van der Waals surface area contributed by atoms with Gasteiger partial charge in [-0.05, 0) is 85.1 Å². The Labute approximate surface area is 195 Å². The largest absolute Gasteiger partial charge is 0.484 e. The number of amides is 1. The van der Waals surface area contributed by atoms with Crippen LogP contribution in [0.25, 0.3) is 0 Å². The summed E-state index contributed by atoms with van der Waals surface area (Å²) in [5, 5.41) is 4.55. The zero-order chi connectivity index (χ0) is 23.1. The molecule has 0 saturated heterocycles. The number of carbonyl (C=O) groups is 2. The molecule has 0 heterocycles. The van der Waals surface area contributed by atoms with Gasteiger partial charge in [0, 0.05) is 5.02 Å². The zero-order valence-corrected chi connectivity index (χ0v) is 18.9. The van der Waals surface area contributed by atoms with Crippen LogP contribution in [0.5, 0.6) is 11.5 Å². The van der Waals surface area contributed by atoms with Gasteiger partial charge >= 0.3 is 5.97 Å². The van der Waals surface area contributed by atoms with Crippen molar-refractivity contribution >= 4 is 41.3 Å². The lowest BCUT2D eigenvalue weighted by molar-refractivity contribution is -0.123. The number of aryl methyl sites for hydroxylation is 2. The molecule has 164 valence electrons. The molecule has 3 rings (SSSR count). The van der Waals surface area contributed by atoms with E-state index in [0.29, 0.717) is 22.1 Å². The van der Waals surface area contributed by atoms with Crippen molar-refractivity contribution in [2.45, 2.75) is 13.8 Å². The first-order valence-corrected chi connectivity index (χ1v) is 10.4. The number of nitrogens with one attached hydrogen (secondary N) is 1. The summed E-state index contributed by atoms with van der Waals surface area (Å²) in [5.41, 5.74) is 5.44. The van der Waals surface area contributed by atoms with Crippen LogP contribution in [0.15, 0.2) is 65.8 Å². The van der Waals surface area contributed by atoms with Gasteiger partial charge in [-0.15, -0.1) is 0 Å². The molecular formula is C24H20Cl2N2O4. The van der Waals surface area contributed by atoms with Gasteiger partial charge in [-0.2, -0.15) is 5.10 Å². The quantitative estimate of drug-likeness (QED) is 0.218. The summed E-state index contributed by atoms with van der Waals surface area (Å²) in [4.78, 5) is 24.2. The minimum absolute atomic E-state index is 0.150. The minimum Gasteiger partial charge on any atom is -0.484 e. The lowest BCUT2D eigenvalue weighted by Gasteiger charge is -2.07. The molecule has 0 unspecified atom stereocenters. The van der Waals surface area contributed by atoms with Gasteiger partial charge in [0.15, 0.2) is 6.61 Å². The average Bonchev–Trinajstić information content (AvgIpc) is 2.73. The Morgan fingerprint density at radius 2 is 1.62 bits per heavy atom. The van der Waals surface area contributed by atoms with E-state index < -0.39 is 5.97 Å². The van der Waals surface area contributed by atoms with E-state index in [0.717, 1.165) is 11.1 Å². The second kappa shape index (κ2) is 10.8. The summed E-state index contributed by atoms with van der Waals surface area (Å²) < 4.78 is 10.8. The first-order valence-electron chi connectivity index (χ1n) is 9.60. The summed E-state index contributed by atoms with van der Waals surface area (Å²) in [6, 6.07) is 16.9. The van der Waals surface area contributed by atoms with Crippen LogP contribution in [0.1, 0.15) is 27.0 Å². The fourth-order valence-corrected chi connectivity index (χ4v) is 3.30. The first-order chi connectivity index (χ1) is 15.3. The molecule has 0 aromatic heterocycles. The van der Waals surface area contributed by atoms with Crippen LogP contribution < -0.4 is 14.9 Å². The number of hydrazone groups is 1. The van der Waals surface area contributed by atoms with E-state index in [1.807, 2.05) is 32.0 Å². The summed E-state index contributed by atoms with van der Waals surface area (Å²) in [6.07, 6.45) is 1.47. The highest BCUT2D eigenvalue weighted by molar-refractivity contribution is 6.36. The van der Waals surface area contributed by atoms with Crippen molar-refractivity contribution in [3.8, 4) is 11.5 Å². The summed E-state index contributed by atoms with van der Waals surface area (Å²) in [5.74, 6) is -0.00865. The van der Waals surface area contributed by atoms with Gasteiger partial charge in [0.25, 0.3) is 5.91 Å². The van der Waals surface area contributed by atoms with Crippen molar-refractivity contribution in [2.75, 3.05) is 6.61 Å². The highest BCUT2D eigenvalue weighted by Gasteiger charge is 2.13. The van der Waals surface area contributed by atoms with Crippen molar-refractivity contribution in [2.24, 2.45) is 5.10 Å². The van der Waals surface area contributed by atoms with Crippen molar-refractivity contribution in [3.05, 3.63) is 93.0 Å². The molecule has 0 atom stereocenters. The molecule has 0 fully saturated rings. The molecule has 0 saturated carbocycles. The van der Waals surface area contributed by atoms with Crippen molar-refractivity contribution in [3.63, 3.8) is 0 Å². The molecule has 1 N–H and O–H groups in total. The van der Waals surface area contributed by atoms with Gasteiger partial charge in [-0.25, -0.2) is 10.2 Å². The van der Waals surface area contributed by atoms with E-state index in [1.54, 1.807) is 30.3 Å². The second-order valence-electron chi connectivity index (χ2n) is 6.99. The smallest absolute Gasteiger partial charge is 0.345 e. The number of halogens is 2. The maximum absolute atomic E-state index is 12.2. The van der Waals surface area contributed by atoms with E-state index in [1.165, 1.54) is 18.3 Å². The standard InChI is InChI=1S/C24H20Cl2N2O4/c1-15-9-16(2)11-20(10-15)31-14-23(29)28-27-13-17-3-6-19(7-4-17)32-24(30)21-8-5-18(25)12-22(21)26/h3-13H,14H2,1-2H3,(H,28,29)/b27-13-. The van der Waals surface area contributed by atoms with Gasteiger partial charge in [-0.1, -0.05) is 29.3 Å². The van der Waals surface area contributed by atoms with E-state index in [9.17, 15) is 9.59 Å². The van der Waals surface area contributed by atoms with Crippen molar-refractivity contribution in [1.29, 1.82) is 0 Å². The molecule has 32 heavy (non-hydrogen) atoms. The average molecular weight is 471 g/mol. The highest BCUT2D eigenvalue weighted by Crippen LogP contribution is 2.23. The first kappa shape index (κ1) is 23.3. The molecule has 6 nitrogen and oxygen atoms in total. The maximum Gasteiger partial charge on any atom is 0.345 e. The Kier molecular flexibility index (Phi) is 7.87. The van der Waals surface area contributed by atoms with Crippen molar-refractivity contribution in [1.82, 2.24) is 5.43 Å². The third-order valence-electron chi connectivity index (χ3n) is 4.21. The van der Waals surface area contributed by atoms with E-state index in [2.05, 4.69) is 10.5 Å². The summed E-state index contributed by atoms with van der Waals surface area (Å²) in [7, 11) is 0. The van der Waals surface area contributed by atoms with Gasteiger partial charge in [0.2, 0.25) is 0 Å². The monoisotopic (exact) mass is 470 g/mol. The molecule has 0 spiro atoms. The van der Waals surface area contributed by atoms with Gasteiger partial charge < -0.3 is 9.47 Å². The number of carbonyl (C=O) groups excluding carboxylic acids is 2. The van der Waals surface area contributed by atoms with Crippen LogP contribution in [-0.4, -0.2) is 24.7 Å². The Hall–Kier alpha value is -3.35. The summed E-state index contributed by atoms with van der Waals surface area (Å²) in [6.45, 7) is 3.77. The number of ether oxygens (including phenoxy) is 2. The third kappa shape index (κ3) is 6.83. The van der Waals surface area contributed by atoms with Gasteiger partial charge in [0.1, 0.15) is 11.5 Å². The molecule has 8 heteroatoms. The molecule has 0 aliphatic carbocycles. The predicted molar refractivity (Wildman–Crippen MR) is 125 cm³/mol. The number of esters is 1. The van der Waals surface area contributed by atoms with E-state index in [4.69, 9.17) is 32.7 Å². The topological polar surface area (TPSA) is 77.0 Å². The van der Waals surface area contributed by atoms with Gasteiger partial charge in [0.05, 0.1) is 16.8 Å². The van der Waals surface area contributed by atoms with Crippen LogP contribution in [0.2, 0.25) is 10.0 Å². The number of nitrogens with zero attached hydrogens (tertiary/aromatic N) is 1. The number of hydrogen-bond acceptors (Lipinski definition) is 5. The molecule has 0 aliphatic heterocycles. The lowest BCUT2D eigenvalue weighted by atomic mass is 10.1. The molecule has 0 aliphatic rings. The minimum atomic E-state index is -0.593. The van der Waals surface area contributed by atoms with Crippen LogP contribution in [0.4, 0.5) is 0 Å². The fourth-order valence-electron chi connectivity index (χ4n) is 2.82. The molecule has 3 aromatic rings. The van der Waals surface area contributed by atoms with Crippen LogP contribution in [0, 0.1) is 13.8 Å². The number of benzene rings is 3. The molecular weight excluding hydrogens is 451 g/mol. The zero-order valence-electron chi connectivity index (χ0n) is 17.4. The third-order valence-corrected chi connectivity index (χ3v) is 4.76. The highest BCUT2D eigenvalue weighted by atomic mass is 35.5. The number of hydrogen-bond donors (Lipinski definition) is 1. The fraction of sp³-hybridized carbons (Fsp3) is 0.125. The van der Waals surface area contributed by atoms with Crippen LogP contribution >= 0.6 is 23.2 Å². The lowest BCUT2D eigenvalue weighted by Crippen LogP contribution is -2.24. The van der Waals surface area contributed by atoms with Gasteiger partial charge in [-0.3, -0.25) is 4.79 Å². The Bertz CT molecular complexity index is 1140. The van der Waals surface area contributed by atoms with Crippen molar-refractivity contribution < 1.29 is 19.1 Å². The van der Waals surface area contributed by atoms with Crippen LogP contribution in [-0.2, 0) is 4.79 Å². The maximum atomic E-state index is 12.2. The normalized spacial score (nSPS) is 10.8. The molecule has 0 bridgehead atoms. The molecule has 1 amide bonds. The second-order valence-corrected chi connectivity index (χ2v) is 7.83. The van der Waals surface area contributed by atoms with Crippen LogP contribution in [0.3, 0.4) is 0 Å². The SMILES string of the molecule is Cc1cc(C)cc(OCC(=O)N/N=C\c2ccc(OC(=O)c3ccc(Cl)cc3Cl)cc2)c1. The molecule has 3 aromatic carbocycles. The van der Waals surface area contributed by atoms with E-state index >= 15 is 0 Å².